The first kappa shape index (κ1) is 27.9. The third-order valence-corrected chi connectivity index (χ3v) is 75.8. The van der Waals surface area contributed by atoms with Crippen LogP contribution < -0.4 is 10.6 Å². The van der Waals surface area contributed by atoms with E-state index in [-0.39, 0.29) is 7.92 Å². The van der Waals surface area contributed by atoms with Crippen LogP contribution in [0.2, 0.25) is 37.5 Å². The summed E-state index contributed by atoms with van der Waals surface area (Å²) >= 11 is 0. The Hall–Kier alpha value is -1.74. The van der Waals surface area contributed by atoms with Gasteiger partial charge in [-0.05, 0) is 0 Å². The molecule has 10 saturated heterocycles. The van der Waals surface area contributed by atoms with Crippen LogP contribution in [0.5, 0.6) is 0 Å². The van der Waals surface area contributed by atoms with Crippen molar-refractivity contribution < 1.29 is 6.51 Å². The second-order valence-electron chi connectivity index (χ2n) is 22.0. The van der Waals surface area contributed by atoms with E-state index in [1.807, 2.05) is 11.1 Å². The minimum atomic E-state index is -4.56. The van der Waals surface area contributed by atoms with Crippen LogP contribution >= 0.6 is 15.8 Å². The molecule has 49 heavy (non-hydrogen) atoms. The second-order valence-corrected chi connectivity index (χ2v) is 50.8. The first-order valence-electron chi connectivity index (χ1n) is 19.1. The summed E-state index contributed by atoms with van der Waals surface area (Å²) in [5, 5.41) is 4.08. The van der Waals surface area contributed by atoms with Crippen LogP contribution in [0.1, 0.15) is 63.8 Å². The molecule has 0 N–H and O–H groups in total. The summed E-state index contributed by atoms with van der Waals surface area (Å²) in [7, 11) is -0.650. The van der Waals surface area contributed by atoms with E-state index in [4.69, 9.17) is 0 Å². The SMILES string of the molecule is Cc1ccccc1P(C[C]12[CH]3[C]4(c5ccccc5)[C]5(c6ccccc6)[C]1(CP(C(C)(C)C)C(C)(C)C)[Fe]32451678[CH]2[CH]1[CH]6[CH]7[CH]28)c1ccccc1C. The van der Waals surface area contributed by atoms with E-state index in [0.29, 0.717) is 27.6 Å². The summed E-state index contributed by atoms with van der Waals surface area (Å²) in [6, 6.07) is 44.4. The Morgan fingerprint density at radius 1 is 0.551 bits per heavy atom. The van der Waals surface area contributed by atoms with E-state index in [1.54, 1.807) is 16.8 Å². The summed E-state index contributed by atoms with van der Waals surface area (Å²) in [5.41, 5.74) is 6.74. The number of hydrogen-bond donors (Lipinski definition) is 0. The molecule has 0 aliphatic carbocycles. The molecule has 5 atom stereocenters. The Balaban J connectivity index is 1.12. The Labute approximate surface area is 287 Å². The fourth-order valence-electron chi connectivity index (χ4n) is 26.1. The van der Waals surface area contributed by atoms with Crippen LogP contribution in [0, 0.1) is 13.8 Å². The van der Waals surface area contributed by atoms with Crippen molar-refractivity contribution in [2.24, 2.45) is 0 Å². The Bertz CT molecular complexity index is 2560. The van der Waals surface area contributed by atoms with Crippen molar-refractivity contribution >= 4 is 26.5 Å². The van der Waals surface area contributed by atoms with E-state index in [1.165, 1.54) is 17.3 Å². The number of hydrogen-bond acceptors (Lipinski definition) is 0. The van der Waals surface area contributed by atoms with Crippen molar-refractivity contribution in [2.45, 2.75) is 112 Å². The van der Waals surface area contributed by atoms with Gasteiger partial charge >= 0.3 is 289 Å². The Morgan fingerprint density at radius 2 is 0.980 bits per heavy atom. The zero-order valence-corrected chi connectivity index (χ0v) is 33.4. The molecule has 4 aromatic carbocycles. The van der Waals surface area contributed by atoms with Crippen LogP contribution in [0.3, 0.4) is 0 Å². The molecule has 3 heteroatoms. The summed E-state index contributed by atoms with van der Waals surface area (Å²) < 4.78 is 2.31. The van der Waals surface area contributed by atoms with Crippen LogP contribution in [0.4, 0.5) is 0 Å². The fraction of sp³-hybridized carbons (Fsp3) is 0.478. The topological polar surface area (TPSA) is 0 Å². The number of fused-ring (bicyclic) bond motifs is 10. The summed E-state index contributed by atoms with van der Waals surface area (Å²) in [4.78, 5) is 6.89. The maximum absolute atomic E-state index is 4.56. The molecule has 5 unspecified atom stereocenters. The number of benzene rings is 4. The van der Waals surface area contributed by atoms with Gasteiger partial charge < -0.3 is 0 Å². The molecule has 1 spiro atoms. The summed E-state index contributed by atoms with van der Waals surface area (Å²) in [6.07, 6.45) is 3.08. The molecule has 0 bridgehead atoms. The van der Waals surface area contributed by atoms with Crippen LogP contribution in [-0.2, 0) is 15.1 Å². The normalized spacial score (nSPS) is 54.4. The number of aryl methyl sites for hydroxylation is 2. The van der Waals surface area contributed by atoms with Gasteiger partial charge in [-0.3, -0.25) is 0 Å². The van der Waals surface area contributed by atoms with Gasteiger partial charge in [0.25, 0.3) is 0 Å². The van der Waals surface area contributed by atoms with Crippen molar-refractivity contribution in [3.05, 3.63) is 131 Å². The molecule has 0 radical (unpaired) electrons. The van der Waals surface area contributed by atoms with E-state index >= 15 is 0 Å². The van der Waals surface area contributed by atoms with Gasteiger partial charge in [0.05, 0.1) is 0 Å². The predicted octanol–water partition coefficient (Wildman–Crippen LogP) is 12.2. The van der Waals surface area contributed by atoms with Crippen molar-refractivity contribution in [1.29, 1.82) is 0 Å². The third kappa shape index (κ3) is 0.816. The van der Waals surface area contributed by atoms with Gasteiger partial charge in [-0.2, -0.15) is 0 Å². The van der Waals surface area contributed by atoms with Gasteiger partial charge in [0.15, 0.2) is 0 Å². The monoisotopic (exact) mass is 722 g/mol. The minimum absolute atomic E-state index is 0.198. The molecular weight excluding hydrogens is 670 g/mol. The average Bonchev–Trinajstić information content (AvgIpc) is 4.02. The first-order valence-corrected chi connectivity index (χ1v) is 28.2. The zero-order valence-electron chi connectivity index (χ0n) is 30.5. The molecule has 4 aromatic rings. The zero-order chi connectivity index (χ0) is 33.5. The molecule has 10 aliphatic heterocycles. The van der Waals surface area contributed by atoms with Crippen molar-refractivity contribution in [2.75, 3.05) is 12.3 Å². The van der Waals surface area contributed by atoms with Crippen LogP contribution in [0.25, 0.3) is 0 Å². The molecule has 10 heterocycles. The van der Waals surface area contributed by atoms with E-state index in [9.17, 15) is 0 Å². The molecule has 10 fully saturated rings. The van der Waals surface area contributed by atoms with Gasteiger partial charge in [0.2, 0.25) is 0 Å². The Morgan fingerprint density at radius 3 is 1.41 bits per heavy atom. The molecule has 10 aliphatic rings. The molecule has 14 rings (SSSR count). The van der Waals surface area contributed by atoms with Crippen molar-refractivity contribution in [1.82, 2.24) is 0 Å². The first-order chi connectivity index (χ1) is 23.2. The maximum atomic E-state index is 2.70. The quantitative estimate of drug-likeness (QED) is 0.125. The number of rotatable bonds is 8. The summed E-state index contributed by atoms with van der Waals surface area (Å²) in [6.45, 7) is 16.1. The van der Waals surface area contributed by atoms with Crippen molar-refractivity contribution in [3.63, 3.8) is 0 Å². The van der Waals surface area contributed by atoms with Gasteiger partial charge in [0.1, 0.15) is 0 Å². The molecule has 0 nitrogen and oxygen atoms in total. The van der Waals surface area contributed by atoms with E-state index in [2.05, 4.69) is 165 Å². The summed E-state index contributed by atoms with van der Waals surface area (Å²) in [5.74, 6) is 0. The molecule has 0 saturated carbocycles. The van der Waals surface area contributed by atoms with Gasteiger partial charge in [-0.1, -0.05) is 0 Å². The van der Waals surface area contributed by atoms with Crippen LogP contribution in [-0.4, -0.2) is 22.6 Å². The molecule has 254 valence electrons. The van der Waals surface area contributed by atoms with Crippen LogP contribution in [0.15, 0.2) is 109 Å². The Kier molecular flexibility index (Phi) is 2.70. The standard InChI is InChI=1S/C41H47P2.C5H5.Fe/c1-30-19-15-17-25-37(30)42(38-26-18-16-20-31(38)2)28-34-27-35(32-21-11-9-12-22-32)39(33-23-13-10-14-24-33)36(34)29-43(40(3,4)5)41(6,7)8;1-2-4-5-3-1;/h9-27H,28-29H2,1-8H3;1-5H;. The van der Waals surface area contributed by atoms with Gasteiger partial charge in [-0.25, -0.2) is 0 Å². The van der Waals surface area contributed by atoms with Gasteiger partial charge in [-0.15, -0.1) is 0 Å². The van der Waals surface area contributed by atoms with E-state index < -0.39 is 14.4 Å². The fourth-order valence-corrected chi connectivity index (χ4v) is 120. The second kappa shape index (κ2) is 4.75. The third-order valence-electron chi connectivity index (χ3n) is 23.4. The van der Waals surface area contributed by atoms with Gasteiger partial charge in [0, 0.05) is 0 Å². The molecule has 0 aromatic heterocycles. The molecular formula is C46H52FeP2. The predicted molar refractivity (Wildman–Crippen MR) is 209 cm³/mol. The van der Waals surface area contributed by atoms with Crippen molar-refractivity contribution in [3.8, 4) is 0 Å². The average molecular weight is 723 g/mol. The van der Waals surface area contributed by atoms with E-state index in [0.717, 1.165) is 28.9 Å². The molecule has 0 amide bonds.